The van der Waals surface area contributed by atoms with E-state index in [4.69, 9.17) is 11.6 Å². The van der Waals surface area contributed by atoms with E-state index in [1.54, 1.807) is 0 Å². The van der Waals surface area contributed by atoms with Crippen LogP contribution >= 0.6 is 36.4 Å². The zero-order valence-electron chi connectivity index (χ0n) is 16.0. The van der Waals surface area contributed by atoms with E-state index in [0.29, 0.717) is 18.4 Å². The number of nitrogens with zero attached hydrogens (tertiary/aromatic N) is 2. The van der Waals surface area contributed by atoms with Crippen LogP contribution in [0.3, 0.4) is 0 Å². The minimum absolute atomic E-state index is 0. The first-order valence-electron chi connectivity index (χ1n) is 9.62. The second-order valence-electron chi connectivity index (χ2n) is 7.35. The lowest BCUT2D eigenvalue weighted by molar-refractivity contribution is -0.133. The lowest BCUT2D eigenvalue weighted by Gasteiger charge is -2.38. The standard InChI is InChI=1S/C20H30ClN3O.2ClH/c1-16(18-4-2-3-5-19(18)21)23-12-14-24(15-13-23)20(25)7-6-17-8-10-22-11-9-17;;/h2-5,16-17,22H,6-15H2,1H3;2*1H. The van der Waals surface area contributed by atoms with Gasteiger partial charge in [0.15, 0.2) is 0 Å². The molecule has 2 saturated heterocycles. The summed E-state index contributed by atoms with van der Waals surface area (Å²) in [6, 6.07) is 8.36. The van der Waals surface area contributed by atoms with Gasteiger partial charge >= 0.3 is 0 Å². The molecule has 0 bridgehead atoms. The number of carbonyl (C=O) groups is 1. The molecular formula is C20H32Cl3N3O. The summed E-state index contributed by atoms with van der Waals surface area (Å²) < 4.78 is 0. The maximum atomic E-state index is 12.5. The molecule has 1 atom stereocenters. The van der Waals surface area contributed by atoms with E-state index in [-0.39, 0.29) is 24.8 Å². The average Bonchev–Trinajstić information content (AvgIpc) is 2.67. The summed E-state index contributed by atoms with van der Waals surface area (Å²) >= 11 is 6.34. The van der Waals surface area contributed by atoms with Crippen molar-refractivity contribution in [3.63, 3.8) is 0 Å². The van der Waals surface area contributed by atoms with Gasteiger partial charge in [-0.15, -0.1) is 24.8 Å². The van der Waals surface area contributed by atoms with Crippen LogP contribution in [-0.4, -0.2) is 55.0 Å². The van der Waals surface area contributed by atoms with E-state index in [1.807, 2.05) is 18.2 Å². The lowest BCUT2D eigenvalue weighted by atomic mass is 9.93. The van der Waals surface area contributed by atoms with Gasteiger partial charge in [-0.2, -0.15) is 0 Å². The van der Waals surface area contributed by atoms with Crippen molar-refractivity contribution >= 4 is 42.3 Å². The van der Waals surface area contributed by atoms with Crippen LogP contribution in [0.5, 0.6) is 0 Å². The SMILES string of the molecule is CC(c1ccccc1Cl)N1CCN(C(=O)CCC2CCNCC2)CC1.Cl.Cl. The van der Waals surface area contributed by atoms with Gasteiger partial charge in [0.1, 0.15) is 0 Å². The van der Waals surface area contributed by atoms with Gasteiger partial charge in [-0.3, -0.25) is 9.69 Å². The zero-order valence-corrected chi connectivity index (χ0v) is 18.4. The number of nitrogens with one attached hydrogen (secondary N) is 1. The fourth-order valence-corrected chi connectivity index (χ4v) is 4.32. The Kier molecular flexibility index (Phi) is 11.0. The third-order valence-electron chi connectivity index (χ3n) is 5.80. The Morgan fingerprint density at radius 1 is 1.15 bits per heavy atom. The van der Waals surface area contributed by atoms with Crippen LogP contribution < -0.4 is 5.32 Å². The van der Waals surface area contributed by atoms with Crippen LogP contribution in [-0.2, 0) is 4.79 Å². The van der Waals surface area contributed by atoms with Gasteiger partial charge in [-0.1, -0.05) is 29.8 Å². The van der Waals surface area contributed by atoms with Crippen molar-refractivity contribution in [2.75, 3.05) is 39.3 Å². The van der Waals surface area contributed by atoms with Gasteiger partial charge in [-0.25, -0.2) is 0 Å². The lowest BCUT2D eigenvalue weighted by Crippen LogP contribution is -2.49. The molecule has 2 fully saturated rings. The topological polar surface area (TPSA) is 35.6 Å². The quantitative estimate of drug-likeness (QED) is 0.752. The Labute approximate surface area is 180 Å². The minimum atomic E-state index is 0. The van der Waals surface area contributed by atoms with Crippen molar-refractivity contribution in [3.8, 4) is 0 Å². The fraction of sp³-hybridized carbons (Fsp3) is 0.650. The molecule has 2 heterocycles. The summed E-state index contributed by atoms with van der Waals surface area (Å²) in [4.78, 5) is 17.0. The van der Waals surface area contributed by atoms with Crippen molar-refractivity contribution in [1.29, 1.82) is 0 Å². The van der Waals surface area contributed by atoms with E-state index >= 15 is 0 Å². The number of piperidine rings is 1. The number of carbonyl (C=O) groups excluding carboxylic acids is 1. The van der Waals surface area contributed by atoms with Gasteiger partial charge in [0.05, 0.1) is 0 Å². The van der Waals surface area contributed by atoms with Crippen LogP contribution in [0.25, 0.3) is 0 Å². The molecule has 0 spiro atoms. The summed E-state index contributed by atoms with van der Waals surface area (Å²) in [5.41, 5.74) is 1.18. The molecule has 27 heavy (non-hydrogen) atoms. The van der Waals surface area contributed by atoms with Crippen molar-refractivity contribution in [2.24, 2.45) is 5.92 Å². The van der Waals surface area contributed by atoms with Gasteiger partial charge in [-0.05, 0) is 56.8 Å². The normalized spacial score (nSPS) is 19.7. The molecule has 7 heteroatoms. The Morgan fingerprint density at radius 2 is 1.78 bits per heavy atom. The zero-order chi connectivity index (χ0) is 17.6. The highest BCUT2D eigenvalue weighted by Crippen LogP contribution is 2.28. The maximum absolute atomic E-state index is 12.5. The number of halogens is 3. The fourth-order valence-electron chi connectivity index (χ4n) is 4.03. The average molecular weight is 437 g/mol. The molecule has 0 saturated carbocycles. The molecule has 2 aliphatic rings. The predicted octanol–water partition coefficient (Wildman–Crippen LogP) is 4.17. The summed E-state index contributed by atoms with van der Waals surface area (Å²) in [5, 5.41) is 4.22. The van der Waals surface area contributed by atoms with Gasteiger partial charge in [0.25, 0.3) is 0 Å². The van der Waals surface area contributed by atoms with Crippen LogP contribution in [0.1, 0.15) is 44.2 Å². The van der Waals surface area contributed by atoms with Gasteiger partial charge in [0.2, 0.25) is 5.91 Å². The Hall–Kier alpha value is -0.520. The van der Waals surface area contributed by atoms with Crippen LogP contribution in [0.4, 0.5) is 0 Å². The molecule has 1 N–H and O–H groups in total. The monoisotopic (exact) mass is 435 g/mol. The third-order valence-corrected chi connectivity index (χ3v) is 6.14. The molecule has 2 aliphatic heterocycles. The van der Waals surface area contributed by atoms with E-state index < -0.39 is 0 Å². The number of hydrogen-bond donors (Lipinski definition) is 1. The number of rotatable bonds is 5. The molecule has 4 nitrogen and oxygen atoms in total. The molecule has 0 radical (unpaired) electrons. The van der Waals surface area contributed by atoms with Gasteiger partial charge in [0, 0.05) is 43.7 Å². The van der Waals surface area contributed by atoms with Crippen LogP contribution in [0, 0.1) is 5.92 Å². The minimum Gasteiger partial charge on any atom is -0.340 e. The highest BCUT2D eigenvalue weighted by atomic mass is 35.5. The van der Waals surface area contributed by atoms with E-state index in [9.17, 15) is 4.79 Å². The summed E-state index contributed by atoms with van der Waals surface area (Å²) in [5.74, 6) is 1.07. The van der Waals surface area contributed by atoms with Crippen LogP contribution in [0.15, 0.2) is 24.3 Å². The summed E-state index contributed by atoms with van der Waals surface area (Å²) in [6.07, 6.45) is 4.20. The summed E-state index contributed by atoms with van der Waals surface area (Å²) in [6.45, 7) is 7.93. The molecule has 3 rings (SSSR count). The first-order chi connectivity index (χ1) is 12.1. The van der Waals surface area contributed by atoms with Crippen molar-refractivity contribution in [1.82, 2.24) is 15.1 Å². The van der Waals surface area contributed by atoms with Crippen molar-refractivity contribution in [3.05, 3.63) is 34.9 Å². The number of piperazine rings is 1. The largest absolute Gasteiger partial charge is 0.340 e. The molecule has 1 unspecified atom stereocenters. The summed E-state index contributed by atoms with van der Waals surface area (Å²) in [7, 11) is 0. The second-order valence-corrected chi connectivity index (χ2v) is 7.75. The van der Waals surface area contributed by atoms with Crippen molar-refractivity contribution < 1.29 is 4.79 Å². The van der Waals surface area contributed by atoms with E-state index in [1.165, 1.54) is 18.4 Å². The van der Waals surface area contributed by atoms with E-state index in [2.05, 4.69) is 28.1 Å². The molecule has 154 valence electrons. The third kappa shape index (κ3) is 6.79. The maximum Gasteiger partial charge on any atom is 0.222 e. The predicted molar refractivity (Wildman–Crippen MR) is 117 cm³/mol. The number of hydrogen-bond acceptors (Lipinski definition) is 3. The number of amides is 1. The Balaban J connectivity index is 0.00000182. The number of benzene rings is 1. The molecule has 1 amide bonds. The highest BCUT2D eigenvalue weighted by molar-refractivity contribution is 6.31. The molecule has 1 aromatic carbocycles. The molecular weight excluding hydrogens is 405 g/mol. The molecule has 0 aliphatic carbocycles. The van der Waals surface area contributed by atoms with Gasteiger partial charge < -0.3 is 10.2 Å². The van der Waals surface area contributed by atoms with Crippen molar-refractivity contribution in [2.45, 2.75) is 38.6 Å². The first kappa shape index (κ1) is 24.5. The Morgan fingerprint density at radius 3 is 2.41 bits per heavy atom. The van der Waals surface area contributed by atoms with Crippen LogP contribution in [0.2, 0.25) is 5.02 Å². The van der Waals surface area contributed by atoms with E-state index in [0.717, 1.165) is 56.6 Å². The first-order valence-corrected chi connectivity index (χ1v) is 10.00. The Bertz CT molecular complexity index is 573. The molecule has 0 aromatic heterocycles. The molecule has 1 aromatic rings. The smallest absolute Gasteiger partial charge is 0.222 e. The second kappa shape index (κ2) is 12.1. The highest BCUT2D eigenvalue weighted by Gasteiger charge is 2.26.